The molecule has 2 aliphatic rings. The van der Waals surface area contributed by atoms with Gasteiger partial charge >= 0.3 is 11.8 Å². The monoisotopic (exact) mass is 386 g/mol. The molecule has 3 N–H and O–H groups in total. The van der Waals surface area contributed by atoms with E-state index in [9.17, 15) is 14.4 Å². The van der Waals surface area contributed by atoms with Crippen LogP contribution in [0.4, 0.5) is 0 Å². The maximum Gasteiger partial charge on any atom is 0.311 e. The molecule has 3 rings (SSSR count). The second-order valence-corrected chi connectivity index (χ2v) is 7.73. The first-order valence-corrected chi connectivity index (χ1v) is 10.2. The maximum absolute atomic E-state index is 12.5. The number of carbonyl (C=O) groups excluding carboxylic acids is 3. The molecule has 2 heterocycles. The summed E-state index contributed by atoms with van der Waals surface area (Å²) in [5.41, 5.74) is 7.19. The van der Waals surface area contributed by atoms with E-state index in [0.717, 1.165) is 50.8 Å². The van der Waals surface area contributed by atoms with E-state index in [1.807, 2.05) is 17.0 Å². The van der Waals surface area contributed by atoms with Crippen LogP contribution >= 0.6 is 0 Å². The van der Waals surface area contributed by atoms with Crippen LogP contribution in [-0.4, -0.2) is 60.2 Å². The average Bonchev–Trinajstić information content (AvgIpc) is 3.16. The van der Waals surface area contributed by atoms with Gasteiger partial charge in [-0.2, -0.15) is 0 Å². The van der Waals surface area contributed by atoms with Crippen LogP contribution in [0.1, 0.15) is 48.0 Å². The highest BCUT2D eigenvalue weighted by atomic mass is 16.2. The SMILES string of the molecule is NCC1CCCCN(C(=O)C(=O)NCc2cccc(C(=O)N3CCCC3)c2)C1. The normalized spacial score (nSPS) is 20.0. The van der Waals surface area contributed by atoms with Crippen LogP contribution in [0.15, 0.2) is 24.3 Å². The van der Waals surface area contributed by atoms with Gasteiger partial charge in [-0.25, -0.2) is 0 Å². The van der Waals surface area contributed by atoms with Gasteiger partial charge in [0.15, 0.2) is 0 Å². The zero-order valence-corrected chi connectivity index (χ0v) is 16.4. The largest absolute Gasteiger partial charge is 0.344 e. The van der Waals surface area contributed by atoms with Crippen molar-refractivity contribution in [3.63, 3.8) is 0 Å². The fourth-order valence-electron chi connectivity index (χ4n) is 3.93. The van der Waals surface area contributed by atoms with Crippen LogP contribution in [0.25, 0.3) is 0 Å². The number of nitrogens with two attached hydrogens (primary N) is 1. The van der Waals surface area contributed by atoms with Gasteiger partial charge in [-0.15, -0.1) is 0 Å². The zero-order chi connectivity index (χ0) is 19.9. The molecule has 1 aromatic carbocycles. The third-order valence-corrected chi connectivity index (χ3v) is 5.60. The van der Waals surface area contributed by atoms with Crippen LogP contribution in [0.3, 0.4) is 0 Å². The summed E-state index contributed by atoms with van der Waals surface area (Å²) >= 11 is 0. The third kappa shape index (κ3) is 5.10. The van der Waals surface area contributed by atoms with E-state index in [1.165, 1.54) is 0 Å². The first-order chi connectivity index (χ1) is 13.6. The van der Waals surface area contributed by atoms with Crippen LogP contribution < -0.4 is 11.1 Å². The summed E-state index contributed by atoms with van der Waals surface area (Å²) in [4.78, 5) is 40.8. The van der Waals surface area contributed by atoms with Gasteiger partial charge in [0.25, 0.3) is 5.91 Å². The Morgan fingerprint density at radius 1 is 1.04 bits per heavy atom. The van der Waals surface area contributed by atoms with Crippen molar-refractivity contribution in [3.05, 3.63) is 35.4 Å². The minimum atomic E-state index is -0.603. The fraction of sp³-hybridized carbons (Fsp3) is 0.571. The number of nitrogens with one attached hydrogen (secondary N) is 1. The van der Waals surface area contributed by atoms with E-state index in [2.05, 4.69) is 5.32 Å². The van der Waals surface area contributed by atoms with Crippen molar-refractivity contribution in [2.75, 3.05) is 32.7 Å². The lowest BCUT2D eigenvalue weighted by atomic mass is 10.0. The Labute approximate surface area is 166 Å². The van der Waals surface area contributed by atoms with Gasteiger partial charge in [0.2, 0.25) is 0 Å². The second kappa shape index (κ2) is 9.68. The first-order valence-electron chi connectivity index (χ1n) is 10.2. The van der Waals surface area contributed by atoms with Gasteiger partial charge in [0.05, 0.1) is 0 Å². The lowest BCUT2D eigenvalue weighted by Gasteiger charge is -2.23. The molecule has 2 aliphatic heterocycles. The molecule has 0 spiro atoms. The number of hydrogen-bond acceptors (Lipinski definition) is 4. The number of benzene rings is 1. The molecule has 0 saturated carbocycles. The molecule has 152 valence electrons. The molecular weight excluding hydrogens is 356 g/mol. The molecule has 1 atom stereocenters. The summed E-state index contributed by atoms with van der Waals surface area (Å²) in [6, 6.07) is 7.25. The second-order valence-electron chi connectivity index (χ2n) is 7.73. The van der Waals surface area contributed by atoms with Crippen molar-refractivity contribution in [1.29, 1.82) is 0 Å². The minimum absolute atomic E-state index is 0.0270. The van der Waals surface area contributed by atoms with Crippen molar-refractivity contribution in [1.82, 2.24) is 15.1 Å². The molecule has 0 bridgehead atoms. The average molecular weight is 386 g/mol. The van der Waals surface area contributed by atoms with Crippen LogP contribution in [0.5, 0.6) is 0 Å². The van der Waals surface area contributed by atoms with E-state index in [1.54, 1.807) is 17.0 Å². The third-order valence-electron chi connectivity index (χ3n) is 5.60. The fourth-order valence-corrected chi connectivity index (χ4v) is 3.93. The topological polar surface area (TPSA) is 95.7 Å². The lowest BCUT2D eigenvalue weighted by molar-refractivity contribution is -0.146. The van der Waals surface area contributed by atoms with E-state index in [0.29, 0.717) is 25.2 Å². The Bertz CT molecular complexity index is 715. The highest BCUT2D eigenvalue weighted by molar-refractivity contribution is 6.34. The minimum Gasteiger partial charge on any atom is -0.344 e. The number of nitrogens with zero attached hydrogens (tertiary/aromatic N) is 2. The maximum atomic E-state index is 12.5. The molecule has 7 nitrogen and oxygen atoms in total. The van der Waals surface area contributed by atoms with Gasteiger partial charge in [-0.05, 0) is 55.8 Å². The number of hydrogen-bond donors (Lipinski definition) is 2. The van der Waals surface area contributed by atoms with Gasteiger partial charge in [0.1, 0.15) is 0 Å². The molecule has 0 radical (unpaired) electrons. The Morgan fingerprint density at radius 2 is 1.75 bits per heavy atom. The molecule has 1 unspecified atom stereocenters. The number of rotatable bonds is 4. The summed E-state index contributed by atoms with van der Waals surface area (Å²) in [5.74, 6) is -0.815. The smallest absolute Gasteiger partial charge is 0.311 e. The van der Waals surface area contributed by atoms with Crippen molar-refractivity contribution in [3.8, 4) is 0 Å². The van der Waals surface area contributed by atoms with Crippen molar-refractivity contribution in [2.24, 2.45) is 11.7 Å². The molecule has 0 aliphatic carbocycles. The molecule has 2 fully saturated rings. The van der Waals surface area contributed by atoms with Gasteiger partial charge in [0, 0.05) is 38.3 Å². The predicted octanol–water partition coefficient (Wildman–Crippen LogP) is 1.13. The standard InChI is InChI=1S/C21H30N4O3/c22-13-17-6-1-2-11-25(15-17)21(28)19(26)23-14-16-7-5-8-18(12-16)20(27)24-9-3-4-10-24/h5,7-8,12,17H,1-4,6,9-11,13-15,22H2,(H,23,26). The van der Waals surface area contributed by atoms with Crippen molar-refractivity contribution < 1.29 is 14.4 Å². The number of amides is 3. The lowest BCUT2D eigenvalue weighted by Crippen LogP contribution is -2.45. The summed E-state index contributed by atoms with van der Waals surface area (Å²) in [7, 11) is 0. The first kappa shape index (κ1) is 20.3. The molecule has 0 aromatic heterocycles. The Kier molecular flexibility index (Phi) is 7.03. The molecule has 7 heteroatoms. The molecule has 1 aromatic rings. The zero-order valence-electron chi connectivity index (χ0n) is 16.4. The predicted molar refractivity (Wildman–Crippen MR) is 106 cm³/mol. The van der Waals surface area contributed by atoms with Crippen LogP contribution in [0, 0.1) is 5.92 Å². The summed E-state index contributed by atoms with van der Waals surface area (Å²) < 4.78 is 0. The number of carbonyl (C=O) groups is 3. The van der Waals surface area contributed by atoms with E-state index < -0.39 is 11.8 Å². The van der Waals surface area contributed by atoms with E-state index >= 15 is 0 Å². The highest BCUT2D eigenvalue weighted by Crippen LogP contribution is 2.16. The molecular formula is C21H30N4O3. The van der Waals surface area contributed by atoms with Crippen molar-refractivity contribution in [2.45, 2.75) is 38.6 Å². The van der Waals surface area contributed by atoms with Crippen LogP contribution in [-0.2, 0) is 16.1 Å². The van der Waals surface area contributed by atoms with Gasteiger partial charge in [-0.1, -0.05) is 18.6 Å². The summed E-state index contributed by atoms with van der Waals surface area (Å²) in [6.07, 6.45) is 5.03. The molecule has 28 heavy (non-hydrogen) atoms. The quantitative estimate of drug-likeness (QED) is 0.758. The van der Waals surface area contributed by atoms with Crippen molar-refractivity contribution >= 4 is 17.7 Å². The summed E-state index contributed by atoms with van der Waals surface area (Å²) in [6.45, 7) is 3.50. The van der Waals surface area contributed by atoms with E-state index in [-0.39, 0.29) is 18.4 Å². The van der Waals surface area contributed by atoms with E-state index in [4.69, 9.17) is 5.73 Å². The molecule has 2 saturated heterocycles. The Balaban J connectivity index is 1.55. The number of likely N-dealkylation sites (tertiary alicyclic amines) is 2. The Hall–Kier alpha value is -2.41. The molecule has 3 amide bonds. The van der Waals surface area contributed by atoms with Gasteiger partial charge < -0.3 is 20.9 Å². The summed E-state index contributed by atoms with van der Waals surface area (Å²) in [5, 5.41) is 2.70. The van der Waals surface area contributed by atoms with Crippen LogP contribution in [0.2, 0.25) is 0 Å². The van der Waals surface area contributed by atoms with Gasteiger partial charge in [-0.3, -0.25) is 14.4 Å². The Morgan fingerprint density at radius 3 is 2.50 bits per heavy atom. The highest BCUT2D eigenvalue weighted by Gasteiger charge is 2.26.